The van der Waals surface area contributed by atoms with Crippen molar-refractivity contribution in [2.24, 2.45) is 0 Å². The van der Waals surface area contributed by atoms with Gasteiger partial charge in [0, 0.05) is 11.6 Å². The molecule has 0 radical (unpaired) electrons. The van der Waals surface area contributed by atoms with Crippen molar-refractivity contribution in [1.82, 2.24) is 10.6 Å². The molecule has 0 aliphatic rings. The van der Waals surface area contributed by atoms with Gasteiger partial charge in [-0.1, -0.05) is 47.5 Å². The van der Waals surface area contributed by atoms with Crippen LogP contribution in [-0.4, -0.2) is 19.3 Å². The Labute approximate surface area is 135 Å². The lowest BCUT2D eigenvalue weighted by Crippen LogP contribution is -2.38. The zero-order valence-corrected chi connectivity index (χ0v) is 13.2. The van der Waals surface area contributed by atoms with Gasteiger partial charge >= 0.3 is 6.03 Å². The third-order valence-corrected chi connectivity index (χ3v) is 3.50. The fourth-order valence-electron chi connectivity index (χ4n) is 1.89. The third-order valence-electron chi connectivity index (χ3n) is 3.13. The summed E-state index contributed by atoms with van der Waals surface area (Å²) in [6, 6.07) is 15.0. The molecule has 0 heterocycles. The topological polar surface area (TPSA) is 50.4 Å². The first-order chi connectivity index (χ1) is 10.6. The van der Waals surface area contributed by atoms with Gasteiger partial charge in [-0.15, -0.1) is 0 Å². The van der Waals surface area contributed by atoms with Crippen LogP contribution in [0, 0.1) is 6.92 Å². The minimum Gasteiger partial charge on any atom is -0.473 e. The monoisotopic (exact) mass is 318 g/mol. The first-order valence-electron chi connectivity index (χ1n) is 7.10. The Morgan fingerprint density at radius 3 is 2.55 bits per heavy atom. The van der Waals surface area contributed by atoms with E-state index in [-0.39, 0.29) is 12.8 Å². The molecule has 0 atom stereocenters. The summed E-state index contributed by atoms with van der Waals surface area (Å²) in [5.74, 6) is 0.724. The van der Waals surface area contributed by atoms with Crippen LogP contribution in [0.5, 0.6) is 5.75 Å². The molecule has 116 valence electrons. The molecular formula is C17H19ClN2O2. The Bertz CT molecular complexity index is 614. The number of ether oxygens (including phenoxy) is 1. The number of nitrogens with one attached hydrogen (secondary N) is 2. The molecule has 0 bridgehead atoms. The van der Waals surface area contributed by atoms with Gasteiger partial charge < -0.3 is 15.4 Å². The Kier molecular flexibility index (Phi) is 6.10. The molecule has 0 saturated heterocycles. The highest BCUT2D eigenvalue weighted by atomic mass is 35.5. The number of carbonyl (C=O) groups is 1. The molecule has 2 rings (SSSR count). The predicted molar refractivity (Wildman–Crippen MR) is 88.4 cm³/mol. The van der Waals surface area contributed by atoms with Crippen molar-refractivity contribution < 1.29 is 9.53 Å². The number of hydrogen-bond acceptors (Lipinski definition) is 2. The molecule has 22 heavy (non-hydrogen) atoms. The molecule has 0 aromatic heterocycles. The summed E-state index contributed by atoms with van der Waals surface area (Å²) in [7, 11) is 0. The summed E-state index contributed by atoms with van der Waals surface area (Å²) in [4.78, 5) is 11.6. The van der Waals surface area contributed by atoms with Gasteiger partial charge in [-0.2, -0.15) is 0 Å². The number of urea groups is 1. The Hall–Kier alpha value is -2.20. The van der Waals surface area contributed by atoms with E-state index in [9.17, 15) is 4.79 Å². The van der Waals surface area contributed by atoms with Gasteiger partial charge in [-0.25, -0.2) is 4.79 Å². The highest BCUT2D eigenvalue weighted by Gasteiger charge is 2.02. The number of benzene rings is 2. The maximum atomic E-state index is 11.6. The molecule has 5 heteroatoms. The summed E-state index contributed by atoms with van der Waals surface area (Å²) in [6.45, 7) is 2.65. The first kappa shape index (κ1) is 16.2. The van der Waals surface area contributed by atoms with E-state index < -0.39 is 0 Å². The molecule has 4 nitrogen and oxygen atoms in total. The van der Waals surface area contributed by atoms with Crippen molar-refractivity contribution >= 4 is 17.6 Å². The van der Waals surface area contributed by atoms with E-state index in [2.05, 4.69) is 10.6 Å². The molecule has 0 fully saturated rings. The second-order valence-corrected chi connectivity index (χ2v) is 5.28. The number of hydrogen-bond donors (Lipinski definition) is 2. The van der Waals surface area contributed by atoms with Gasteiger partial charge in [0.15, 0.2) is 6.73 Å². The summed E-state index contributed by atoms with van der Waals surface area (Å²) >= 11 is 6.05. The summed E-state index contributed by atoms with van der Waals surface area (Å²) in [6.07, 6.45) is 0.686. The number of amides is 2. The molecule has 2 aromatic carbocycles. The molecule has 0 saturated carbocycles. The van der Waals surface area contributed by atoms with Crippen LogP contribution in [0.4, 0.5) is 4.79 Å². The minimum absolute atomic E-state index is 0.126. The lowest BCUT2D eigenvalue weighted by Gasteiger charge is -2.10. The summed E-state index contributed by atoms with van der Waals surface area (Å²) < 4.78 is 5.42. The van der Waals surface area contributed by atoms with Crippen LogP contribution in [0.25, 0.3) is 0 Å². The average Bonchev–Trinajstić information content (AvgIpc) is 2.51. The smallest absolute Gasteiger partial charge is 0.317 e. The quantitative estimate of drug-likeness (QED) is 0.801. The van der Waals surface area contributed by atoms with E-state index in [0.29, 0.717) is 18.0 Å². The van der Waals surface area contributed by atoms with Crippen LogP contribution in [-0.2, 0) is 6.42 Å². The Morgan fingerprint density at radius 1 is 1.09 bits per heavy atom. The fraction of sp³-hybridized carbons (Fsp3) is 0.235. The van der Waals surface area contributed by atoms with Crippen LogP contribution < -0.4 is 15.4 Å². The van der Waals surface area contributed by atoms with Crippen molar-refractivity contribution in [1.29, 1.82) is 0 Å². The van der Waals surface area contributed by atoms with Crippen molar-refractivity contribution in [3.8, 4) is 5.75 Å². The third kappa shape index (κ3) is 5.30. The van der Waals surface area contributed by atoms with E-state index in [1.54, 1.807) is 0 Å². The van der Waals surface area contributed by atoms with E-state index in [1.165, 1.54) is 0 Å². The number of carbonyl (C=O) groups excluding carboxylic acids is 1. The van der Waals surface area contributed by atoms with Crippen molar-refractivity contribution in [2.45, 2.75) is 13.3 Å². The second kappa shape index (κ2) is 8.29. The van der Waals surface area contributed by atoms with E-state index >= 15 is 0 Å². The lowest BCUT2D eigenvalue weighted by molar-refractivity contribution is 0.224. The van der Waals surface area contributed by atoms with Crippen LogP contribution in [0.1, 0.15) is 11.1 Å². The van der Waals surface area contributed by atoms with Crippen LogP contribution in [0.3, 0.4) is 0 Å². The zero-order chi connectivity index (χ0) is 15.8. The molecule has 0 aliphatic carbocycles. The molecule has 0 unspecified atom stereocenters. The van der Waals surface area contributed by atoms with Crippen molar-refractivity contribution in [3.05, 3.63) is 64.7 Å². The van der Waals surface area contributed by atoms with E-state index in [0.717, 1.165) is 16.9 Å². The largest absolute Gasteiger partial charge is 0.473 e. The predicted octanol–water partition coefficient (Wildman–Crippen LogP) is 3.53. The van der Waals surface area contributed by atoms with Gasteiger partial charge in [0.05, 0.1) is 0 Å². The van der Waals surface area contributed by atoms with Gasteiger partial charge in [0.25, 0.3) is 0 Å². The van der Waals surface area contributed by atoms with Gasteiger partial charge in [0.1, 0.15) is 5.75 Å². The zero-order valence-electron chi connectivity index (χ0n) is 12.4. The standard InChI is InChI=1S/C17H19ClN2O2/c1-13-6-8-15(9-7-13)22-12-20-17(21)19-11-10-14-4-2-3-5-16(14)18/h2-9H,10-12H2,1H3,(H2,19,20,21). The van der Waals surface area contributed by atoms with E-state index in [4.69, 9.17) is 16.3 Å². The van der Waals surface area contributed by atoms with Crippen LogP contribution in [0.15, 0.2) is 48.5 Å². The fourth-order valence-corrected chi connectivity index (χ4v) is 2.12. The normalized spacial score (nSPS) is 10.1. The molecule has 0 aliphatic heterocycles. The summed E-state index contributed by atoms with van der Waals surface area (Å²) in [5, 5.41) is 6.12. The molecule has 2 aromatic rings. The number of aryl methyl sites for hydroxylation is 1. The second-order valence-electron chi connectivity index (χ2n) is 4.88. The number of rotatable bonds is 6. The van der Waals surface area contributed by atoms with Crippen LogP contribution >= 0.6 is 11.6 Å². The molecular weight excluding hydrogens is 300 g/mol. The van der Waals surface area contributed by atoms with Gasteiger partial charge in [0.2, 0.25) is 0 Å². The lowest BCUT2D eigenvalue weighted by atomic mass is 10.1. The van der Waals surface area contributed by atoms with Gasteiger partial charge in [-0.3, -0.25) is 0 Å². The Morgan fingerprint density at radius 2 is 1.82 bits per heavy atom. The van der Waals surface area contributed by atoms with E-state index in [1.807, 2.05) is 55.5 Å². The highest BCUT2D eigenvalue weighted by Crippen LogP contribution is 2.14. The van der Waals surface area contributed by atoms with Gasteiger partial charge in [-0.05, 0) is 37.1 Å². The maximum Gasteiger partial charge on any atom is 0.317 e. The molecule has 2 amide bonds. The molecule has 2 N–H and O–H groups in total. The maximum absolute atomic E-state index is 11.6. The number of halogens is 1. The first-order valence-corrected chi connectivity index (χ1v) is 7.47. The Balaban J connectivity index is 1.64. The minimum atomic E-state index is -0.265. The van der Waals surface area contributed by atoms with Crippen molar-refractivity contribution in [3.63, 3.8) is 0 Å². The van der Waals surface area contributed by atoms with Crippen molar-refractivity contribution in [2.75, 3.05) is 13.3 Å². The SMILES string of the molecule is Cc1ccc(OCNC(=O)NCCc2ccccc2Cl)cc1. The van der Waals surface area contributed by atoms with Crippen LogP contribution in [0.2, 0.25) is 5.02 Å². The summed E-state index contributed by atoms with van der Waals surface area (Å²) in [5.41, 5.74) is 2.18. The highest BCUT2D eigenvalue weighted by molar-refractivity contribution is 6.31. The average molecular weight is 319 g/mol. The molecule has 0 spiro atoms.